The Morgan fingerprint density at radius 2 is 2.12 bits per heavy atom. The zero-order valence-corrected chi connectivity index (χ0v) is 10.3. The third kappa shape index (κ3) is 4.24. The Labute approximate surface area is 98.6 Å². The second kappa shape index (κ2) is 6.55. The third-order valence-electron chi connectivity index (χ3n) is 2.96. The number of rotatable bonds is 4. The van der Waals surface area contributed by atoms with E-state index in [1.54, 1.807) is 0 Å². The van der Waals surface area contributed by atoms with Crippen molar-refractivity contribution >= 4 is 5.91 Å². The first-order chi connectivity index (χ1) is 7.63. The molecular formula is C13H22N2O. The maximum absolute atomic E-state index is 11.8. The number of terminal acetylenes is 1. The first kappa shape index (κ1) is 13.1. The van der Waals surface area contributed by atoms with Crippen LogP contribution in [0.15, 0.2) is 0 Å². The number of piperidine rings is 1. The van der Waals surface area contributed by atoms with Crippen LogP contribution in [0.5, 0.6) is 0 Å². The van der Waals surface area contributed by atoms with Gasteiger partial charge >= 0.3 is 0 Å². The molecule has 16 heavy (non-hydrogen) atoms. The van der Waals surface area contributed by atoms with Crippen molar-refractivity contribution in [2.24, 2.45) is 11.8 Å². The molecule has 1 aliphatic heterocycles. The summed E-state index contributed by atoms with van der Waals surface area (Å²) in [6, 6.07) is 0. The van der Waals surface area contributed by atoms with Crippen molar-refractivity contribution in [1.29, 1.82) is 0 Å². The Hall–Kier alpha value is -1.01. The van der Waals surface area contributed by atoms with E-state index >= 15 is 0 Å². The van der Waals surface area contributed by atoms with Crippen molar-refractivity contribution in [1.82, 2.24) is 10.2 Å². The molecule has 90 valence electrons. The first-order valence-corrected chi connectivity index (χ1v) is 6.07. The quantitative estimate of drug-likeness (QED) is 0.723. The summed E-state index contributed by atoms with van der Waals surface area (Å²) < 4.78 is 0. The zero-order chi connectivity index (χ0) is 12.0. The van der Waals surface area contributed by atoms with E-state index in [-0.39, 0.29) is 11.8 Å². The van der Waals surface area contributed by atoms with E-state index in [1.165, 1.54) is 0 Å². The Bertz CT molecular complexity index is 260. The zero-order valence-electron chi connectivity index (χ0n) is 10.3. The molecule has 3 nitrogen and oxygen atoms in total. The van der Waals surface area contributed by atoms with E-state index in [4.69, 9.17) is 6.42 Å². The minimum atomic E-state index is 0.188. The maximum Gasteiger partial charge on any atom is 0.223 e. The van der Waals surface area contributed by atoms with Crippen LogP contribution in [0.3, 0.4) is 0 Å². The van der Waals surface area contributed by atoms with Gasteiger partial charge in [0.25, 0.3) is 0 Å². The molecule has 1 N–H and O–H groups in total. The molecule has 0 radical (unpaired) electrons. The van der Waals surface area contributed by atoms with E-state index in [0.29, 0.717) is 12.5 Å². The molecule has 1 rings (SSSR count). The standard InChI is InChI=1S/C13H22N2O/c1-4-7-15-8-5-12(6-9-15)13(16)14-10-11(2)3/h1,11-12H,5-10H2,2-3H3,(H,14,16). The summed E-state index contributed by atoms with van der Waals surface area (Å²) in [5.41, 5.74) is 0. The average molecular weight is 222 g/mol. The number of nitrogens with one attached hydrogen (secondary N) is 1. The topological polar surface area (TPSA) is 32.3 Å². The van der Waals surface area contributed by atoms with Crippen LogP contribution in [0, 0.1) is 24.2 Å². The van der Waals surface area contributed by atoms with Gasteiger partial charge < -0.3 is 5.32 Å². The van der Waals surface area contributed by atoms with Crippen LogP contribution in [-0.4, -0.2) is 37.0 Å². The molecule has 1 aliphatic rings. The lowest BCUT2D eigenvalue weighted by Crippen LogP contribution is -2.41. The molecule has 1 fully saturated rings. The maximum atomic E-state index is 11.8. The van der Waals surface area contributed by atoms with Crippen molar-refractivity contribution in [2.45, 2.75) is 26.7 Å². The minimum Gasteiger partial charge on any atom is -0.356 e. The summed E-state index contributed by atoms with van der Waals surface area (Å²) in [6.07, 6.45) is 7.14. The largest absolute Gasteiger partial charge is 0.356 e. The predicted octanol–water partition coefficient (Wildman–Crippen LogP) is 1.10. The lowest BCUT2D eigenvalue weighted by Gasteiger charge is -2.29. The highest BCUT2D eigenvalue weighted by atomic mass is 16.1. The van der Waals surface area contributed by atoms with Crippen molar-refractivity contribution < 1.29 is 4.79 Å². The van der Waals surface area contributed by atoms with Crippen molar-refractivity contribution in [3.63, 3.8) is 0 Å². The molecule has 3 heteroatoms. The molecule has 1 saturated heterocycles. The summed E-state index contributed by atoms with van der Waals surface area (Å²) in [6.45, 7) is 7.60. The van der Waals surface area contributed by atoms with E-state index < -0.39 is 0 Å². The molecule has 0 bridgehead atoms. The number of hydrogen-bond acceptors (Lipinski definition) is 2. The summed E-state index contributed by atoms with van der Waals surface area (Å²) in [5, 5.41) is 3.00. The SMILES string of the molecule is C#CCN1CCC(C(=O)NCC(C)C)CC1. The highest BCUT2D eigenvalue weighted by molar-refractivity contribution is 5.78. The highest BCUT2D eigenvalue weighted by Gasteiger charge is 2.24. The van der Waals surface area contributed by atoms with Gasteiger partial charge in [-0.05, 0) is 31.8 Å². The number of carbonyl (C=O) groups excluding carboxylic acids is 1. The van der Waals surface area contributed by atoms with Crippen LogP contribution in [0.4, 0.5) is 0 Å². The Morgan fingerprint density at radius 3 is 2.62 bits per heavy atom. The van der Waals surface area contributed by atoms with Gasteiger partial charge in [-0.15, -0.1) is 6.42 Å². The molecule has 0 aromatic heterocycles. The van der Waals surface area contributed by atoms with Gasteiger partial charge in [0.15, 0.2) is 0 Å². The lowest BCUT2D eigenvalue weighted by atomic mass is 9.96. The van der Waals surface area contributed by atoms with Crippen LogP contribution in [0.25, 0.3) is 0 Å². The fourth-order valence-electron chi connectivity index (χ4n) is 1.93. The van der Waals surface area contributed by atoms with Crippen LogP contribution in [-0.2, 0) is 4.79 Å². The smallest absolute Gasteiger partial charge is 0.223 e. The summed E-state index contributed by atoms with van der Waals surface area (Å²) >= 11 is 0. The number of hydrogen-bond donors (Lipinski definition) is 1. The third-order valence-corrected chi connectivity index (χ3v) is 2.96. The van der Waals surface area contributed by atoms with Crippen LogP contribution in [0.1, 0.15) is 26.7 Å². The Morgan fingerprint density at radius 1 is 1.50 bits per heavy atom. The summed E-state index contributed by atoms with van der Waals surface area (Å²) in [5.74, 6) is 3.57. The fraction of sp³-hybridized carbons (Fsp3) is 0.769. The van der Waals surface area contributed by atoms with Crippen LogP contribution in [0.2, 0.25) is 0 Å². The van der Waals surface area contributed by atoms with Gasteiger partial charge in [0.05, 0.1) is 6.54 Å². The van der Waals surface area contributed by atoms with Gasteiger partial charge in [-0.2, -0.15) is 0 Å². The molecule has 0 spiro atoms. The monoisotopic (exact) mass is 222 g/mol. The van der Waals surface area contributed by atoms with Crippen LogP contribution >= 0.6 is 0 Å². The number of nitrogens with zero attached hydrogens (tertiary/aromatic N) is 1. The number of amides is 1. The summed E-state index contributed by atoms with van der Waals surface area (Å²) in [4.78, 5) is 14.0. The second-order valence-corrected chi connectivity index (χ2v) is 4.89. The van der Waals surface area contributed by atoms with E-state index in [0.717, 1.165) is 32.5 Å². The van der Waals surface area contributed by atoms with E-state index in [9.17, 15) is 4.79 Å². The second-order valence-electron chi connectivity index (χ2n) is 4.89. The minimum absolute atomic E-state index is 0.188. The molecule has 0 aromatic rings. The molecule has 1 heterocycles. The average Bonchev–Trinajstić information content (AvgIpc) is 2.27. The van der Waals surface area contributed by atoms with Gasteiger partial charge in [0.2, 0.25) is 5.91 Å². The van der Waals surface area contributed by atoms with Gasteiger partial charge in [-0.3, -0.25) is 9.69 Å². The highest BCUT2D eigenvalue weighted by Crippen LogP contribution is 2.16. The molecule has 0 atom stereocenters. The molecule has 1 amide bonds. The number of likely N-dealkylation sites (tertiary alicyclic amines) is 1. The van der Waals surface area contributed by atoms with Gasteiger partial charge in [-0.25, -0.2) is 0 Å². The Kier molecular flexibility index (Phi) is 5.34. The van der Waals surface area contributed by atoms with E-state index in [2.05, 4.69) is 30.0 Å². The predicted molar refractivity (Wildman–Crippen MR) is 65.8 cm³/mol. The van der Waals surface area contributed by atoms with Gasteiger partial charge in [0, 0.05) is 12.5 Å². The Balaban J connectivity index is 2.25. The molecule has 0 aliphatic carbocycles. The first-order valence-electron chi connectivity index (χ1n) is 6.07. The fourth-order valence-corrected chi connectivity index (χ4v) is 1.93. The molecule has 0 unspecified atom stereocenters. The molecule has 0 aromatic carbocycles. The molecular weight excluding hydrogens is 200 g/mol. The van der Waals surface area contributed by atoms with Crippen molar-refractivity contribution in [3.05, 3.63) is 0 Å². The van der Waals surface area contributed by atoms with Crippen molar-refractivity contribution in [3.8, 4) is 12.3 Å². The molecule has 0 saturated carbocycles. The van der Waals surface area contributed by atoms with Crippen molar-refractivity contribution in [2.75, 3.05) is 26.2 Å². The number of carbonyl (C=O) groups is 1. The van der Waals surface area contributed by atoms with E-state index in [1.807, 2.05) is 0 Å². The summed E-state index contributed by atoms with van der Waals surface area (Å²) in [7, 11) is 0. The van der Waals surface area contributed by atoms with Crippen LogP contribution < -0.4 is 5.32 Å². The lowest BCUT2D eigenvalue weighted by molar-refractivity contribution is -0.126. The normalized spacial score (nSPS) is 18.4. The van der Waals surface area contributed by atoms with Gasteiger partial charge in [0.1, 0.15) is 0 Å². The van der Waals surface area contributed by atoms with Gasteiger partial charge in [-0.1, -0.05) is 19.8 Å².